The fourth-order valence-corrected chi connectivity index (χ4v) is 9.08. The van der Waals surface area contributed by atoms with Gasteiger partial charge in [-0.1, -0.05) is 32.0 Å². The first-order valence-corrected chi connectivity index (χ1v) is 11.4. The Morgan fingerprint density at radius 3 is 2.27 bits per heavy atom. The van der Waals surface area contributed by atoms with Crippen molar-refractivity contribution >= 4 is 16.4 Å². The Bertz CT molecular complexity index is 598. The largest absolute Gasteiger partial charge is 0.466 e. The summed E-state index contributed by atoms with van der Waals surface area (Å²) in [6, 6.07) is 5.55. The molecule has 1 heterocycles. The fraction of sp³-hybridized carbons (Fsp3) is 0.385. The Labute approximate surface area is 133 Å². The highest BCUT2D eigenvalue weighted by molar-refractivity contribution is 8.34. The van der Waals surface area contributed by atoms with Gasteiger partial charge in [-0.15, -0.1) is 0 Å². The highest BCUT2D eigenvalue weighted by Crippen LogP contribution is 2.76. The van der Waals surface area contributed by atoms with E-state index >= 15 is 0 Å². The molecule has 0 radical (unpaired) electrons. The van der Waals surface area contributed by atoms with E-state index in [1.54, 1.807) is 19.9 Å². The van der Waals surface area contributed by atoms with Crippen LogP contribution in [0.3, 0.4) is 0 Å². The lowest BCUT2D eigenvalue weighted by Crippen LogP contribution is -4.23. The van der Waals surface area contributed by atoms with Crippen molar-refractivity contribution in [2.45, 2.75) is 30.7 Å². The first kappa shape index (κ1) is 18.0. The molecule has 1 atom stereocenters. The molecule has 124 valence electrons. The molecule has 2 rings (SSSR count). The molecule has 1 aliphatic heterocycles. The quantitative estimate of drug-likeness (QED) is 0.530. The normalized spacial score (nSPS) is 24.9. The molecular weight excluding hydrogens is 436 g/mol. The summed E-state index contributed by atoms with van der Waals surface area (Å²) < 4.78 is 79.0. The van der Waals surface area contributed by atoms with Gasteiger partial charge in [0.25, 0.3) is 0 Å². The van der Waals surface area contributed by atoms with Gasteiger partial charge in [-0.05, 0) is 30.0 Å². The predicted octanol–water partition coefficient (Wildman–Crippen LogP) is -1.40. The summed E-state index contributed by atoms with van der Waals surface area (Å²) in [6.07, 6.45) is 1.30. The number of benzene rings is 1. The molecule has 22 heavy (non-hydrogen) atoms. The van der Waals surface area contributed by atoms with Crippen molar-refractivity contribution in [2.24, 2.45) is 5.92 Å². The van der Waals surface area contributed by atoms with Crippen molar-refractivity contribution in [3.63, 3.8) is 0 Å². The maximum absolute atomic E-state index is 13.8. The molecule has 4 nitrogen and oxygen atoms in total. The summed E-state index contributed by atoms with van der Waals surface area (Å²) in [6.45, 7) is 3.42. The van der Waals surface area contributed by atoms with Gasteiger partial charge in [0.2, 0.25) is 0 Å². The van der Waals surface area contributed by atoms with E-state index in [1.165, 1.54) is 24.3 Å². The van der Waals surface area contributed by atoms with Crippen LogP contribution in [0.4, 0.5) is 13.2 Å². The SMILES string of the molecule is CC(C)CC1=Cc2ccccc2S1(O[I+3]([O-])([O-])[O-])C(F)(F)F. The van der Waals surface area contributed by atoms with E-state index in [0.29, 0.717) is 0 Å². The van der Waals surface area contributed by atoms with Gasteiger partial charge in [-0.3, -0.25) is 10.3 Å². The maximum Gasteiger partial charge on any atom is 0.466 e. The molecule has 0 spiro atoms. The van der Waals surface area contributed by atoms with E-state index in [2.05, 4.69) is 2.51 Å². The predicted molar refractivity (Wildman–Crippen MR) is 66.9 cm³/mol. The summed E-state index contributed by atoms with van der Waals surface area (Å²) in [4.78, 5) is -0.444. The summed E-state index contributed by atoms with van der Waals surface area (Å²) in [7, 11) is -4.33. The van der Waals surface area contributed by atoms with Crippen LogP contribution in [0.1, 0.15) is 25.8 Å². The highest BCUT2D eigenvalue weighted by atomic mass is 127. The van der Waals surface area contributed by atoms with E-state index in [1.807, 2.05) is 0 Å². The lowest BCUT2D eigenvalue weighted by Gasteiger charge is -2.34. The molecule has 0 aromatic heterocycles. The Balaban J connectivity index is 2.68. The number of halogens is 4. The van der Waals surface area contributed by atoms with Crippen molar-refractivity contribution in [1.82, 2.24) is 0 Å². The van der Waals surface area contributed by atoms with Gasteiger partial charge in [0.15, 0.2) is 0 Å². The van der Waals surface area contributed by atoms with Crippen LogP contribution < -0.4 is 30.4 Å². The summed E-state index contributed by atoms with van der Waals surface area (Å²) in [5.41, 5.74) is -4.73. The second kappa shape index (κ2) is 5.95. The zero-order valence-electron chi connectivity index (χ0n) is 11.7. The minimum Gasteiger partial charge on any atom is -0.254 e. The van der Waals surface area contributed by atoms with E-state index in [4.69, 9.17) is 0 Å². The van der Waals surface area contributed by atoms with Crippen LogP contribution in [0.15, 0.2) is 34.1 Å². The van der Waals surface area contributed by atoms with Gasteiger partial charge >= 0.3 is 25.6 Å². The van der Waals surface area contributed by atoms with Crippen LogP contribution in [0.5, 0.6) is 0 Å². The van der Waals surface area contributed by atoms with Crippen LogP contribution in [0, 0.1) is 5.92 Å². The average molecular weight is 450 g/mol. The number of allylic oxidation sites excluding steroid dienone is 1. The number of fused-ring (bicyclic) bond motifs is 1. The van der Waals surface area contributed by atoms with Crippen LogP contribution in [-0.2, 0) is 2.51 Å². The second-order valence-corrected chi connectivity index (χ2v) is 11.1. The van der Waals surface area contributed by atoms with Crippen molar-refractivity contribution < 1.29 is 46.1 Å². The van der Waals surface area contributed by atoms with E-state index in [-0.39, 0.29) is 27.7 Å². The monoisotopic (exact) mass is 450 g/mol. The van der Waals surface area contributed by atoms with Gasteiger partial charge < -0.3 is 0 Å². The molecule has 1 aromatic rings. The van der Waals surface area contributed by atoms with E-state index in [9.17, 15) is 23.5 Å². The number of hydrogen-bond donors (Lipinski definition) is 0. The molecule has 1 unspecified atom stereocenters. The van der Waals surface area contributed by atoms with Crippen LogP contribution >= 0.6 is 10.3 Å². The minimum atomic E-state index is -6.59. The number of hydrogen-bond acceptors (Lipinski definition) is 4. The number of rotatable bonds is 4. The Morgan fingerprint density at radius 2 is 1.77 bits per heavy atom. The highest BCUT2D eigenvalue weighted by Gasteiger charge is 2.67. The maximum atomic E-state index is 13.8. The zero-order valence-corrected chi connectivity index (χ0v) is 14.7. The Hall–Kier alpha value is -0.330. The molecule has 9 heteroatoms. The van der Waals surface area contributed by atoms with Crippen LogP contribution in [0.25, 0.3) is 6.08 Å². The molecule has 0 bridgehead atoms. The van der Waals surface area contributed by atoms with Gasteiger partial charge in [-0.25, -0.2) is 0 Å². The molecule has 1 aromatic carbocycles. The lowest BCUT2D eigenvalue weighted by molar-refractivity contribution is -1.91. The van der Waals surface area contributed by atoms with E-state index in [0.717, 1.165) is 0 Å². The molecule has 0 saturated carbocycles. The average Bonchev–Trinajstić information content (AvgIpc) is 2.61. The van der Waals surface area contributed by atoms with Crippen LogP contribution in [0.2, 0.25) is 0 Å². The third-order valence-corrected chi connectivity index (χ3v) is 8.97. The summed E-state index contributed by atoms with van der Waals surface area (Å²) in [5, 5.41) is 0. The molecule has 0 fully saturated rings. The summed E-state index contributed by atoms with van der Waals surface area (Å²) >= 11 is -6.59. The Kier molecular flexibility index (Phi) is 4.87. The second-order valence-electron chi connectivity index (χ2n) is 5.19. The summed E-state index contributed by atoms with van der Waals surface area (Å²) in [5.74, 6) is -0.149. The molecular formula is C13H14F3IO4S. The topological polar surface area (TPSA) is 78.4 Å². The van der Waals surface area contributed by atoms with Gasteiger partial charge in [0, 0.05) is 9.80 Å². The van der Waals surface area contributed by atoms with Crippen LogP contribution in [-0.4, -0.2) is 5.51 Å². The molecule has 1 aliphatic rings. The van der Waals surface area contributed by atoms with E-state index < -0.39 is 35.9 Å². The Morgan fingerprint density at radius 1 is 1.18 bits per heavy atom. The molecule has 0 amide bonds. The third-order valence-electron chi connectivity index (χ3n) is 3.02. The van der Waals surface area contributed by atoms with Crippen molar-refractivity contribution in [1.29, 1.82) is 0 Å². The van der Waals surface area contributed by atoms with Gasteiger partial charge in [0.05, 0.1) is 2.51 Å². The number of alkyl halides is 3. The van der Waals surface area contributed by atoms with Gasteiger partial charge in [-0.2, -0.15) is 13.2 Å². The smallest absolute Gasteiger partial charge is 0.254 e. The molecule has 0 aliphatic carbocycles. The fourth-order valence-electron chi connectivity index (χ4n) is 2.34. The first-order chi connectivity index (χ1) is 9.97. The lowest BCUT2D eigenvalue weighted by atomic mass is 10.1. The standard InChI is InChI=1S/C13H14F3IO4S/c1-9(2)7-11-8-10-5-3-4-6-12(10)22(11,13(14,15)16)21-17(18,19)20/h3-6,8-9H,7H2,1-2H3. The zero-order chi connectivity index (χ0) is 16.8. The minimum absolute atomic E-state index is 0.000629. The van der Waals surface area contributed by atoms with Crippen molar-refractivity contribution in [3.05, 3.63) is 34.7 Å². The van der Waals surface area contributed by atoms with Crippen molar-refractivity contribution in [2.75, 3.05) is 0 Å². The molecule has 0 N–H and O–H groups in total. The first-order valence-electron chi connectivity index (χ1n) is 6.28. The van der Waals surface area contributed by atoms with Crippen molar-refractivity contribution in [3.8, 4) is 0 Å². The third kappa shape index (κ3) is 3.29. The van der Waals surface area contributed by atoms with Gasteiger partial charge in [0.1, 0.15) is 10.3 Å². The molecule has 0 saturated heterocycles.